The van der Waals surface area contributed by atoms with Crippen molar-refractivity contribution in [3.63, 3.8) is 0 Å². The molecule has 0 bridgehead atoms. The molecule has 0 radical (unpaired) electrons. The van der Waals surface area contributed by atoms with Crippen molar-refractivity contribution >= 4 is 11.3 Å². The Hall–Kier alpha value is -1.19. The van der Waals surface area contributed by atoms with Crippen LogP contribution in [0.15, 0.2) is 35.7 Å². The minimum Gasteiger partial charge on any atom is -0.388 e. The molecule has 0 amide bonds. The third-order valence-corrected chi connectivity index (χ3v) is 3.77. The molecule has 1 N–H and O–H groups in total. The molecule has 2 aromatic rings. The Bertz CT molecular complexity index is 513. The molecule has 1 aromatic carbocycles. The molecule has 0 saturated carbocycles. The van der Waals surface area contributed by atoms with E-state index in [1.807, 2.05) is 30.3 Å². The summed E-state index contributed by atoms with van der Waals surface area (Å²) >= 11 is 1.69. The quantitative estimate of drug-likeness (QED) is 0.914. The van der Waals surface area contributed by atoms with Gasteiger partial charge in [-0.1, -0.05) is 51.1 Å². The molecule has 0 aliphatic heterocycles. The van der Waals surface area contributed by atoms with Gasteiger partial charge in [0.2, 0.25) is 0 Å². The molecular formula is C16H21NOS. The molecule has 1 atom stereocenters. The molecule has 1 heterocycles. The van der Waals surface area contributed by atoms with Crippen LogP contribution in [0.5, 0.6) is 0 Å². The van der Waals surface area contributed by atoms with E-state index in [9.17, 15) is 5.11 Å². The molecule has 3 heteroatoms. The van der Waals surface area contributed by atoms with Gasteiger partial charge in [0.15, 0.2) is 0 Å². The zero-order chi connectivity index (χ0) is 13.9. The van der Waals surface area contributed by atoms with Gasteiger partial charge in [0.1, 0.15) is 0 Å². The van der Waals surface area contributed by atoms with Crippen molar-refractivity contribution in [2.45, 2.75) is 39.7 Å². The highest BCUT2D eigenvalue weighted by atomic mass is 32.1. The Balaban J connectivity index is 2.00. The predicted octanol–water partition coefficient (Wildman–Crippen LogP) is 4.01. The molecule has 2 nitrogen and oxygen atoms in total. The molecule has 102 valence electrons. The van der Waals surface area contributed by atoms with Crippen molar-refractivity contribution in [3.05, 3.63) is 52.0 Å². The van der Waals surface area contributed by atoms with Gasteiger partial charge in [0.25, 0.3) is 0 Å². The average molecular weight is 275 g/mol. The van der Waals surface area contributed by atoms with Crippen molar-refractivity contribution in [3.8, 4) is 0 Å². The standard InChI is InChI=1S/C16H21NOS/c1-16(2,3)10-15-17-13(11-19-15)9-14(18)12-7-5-4-6-8-12/h4-8,11,14,18H,9-10H2,1-3H3. The van der Waals surface area contributed by atoms with Crippen molar-refractivity contribution in [2.24, 2.45) is 5.41 Å². The van der Waals surface area contributed by atoms with Crippen LogP contribution >= 0.6 is 11.3 Å². The van der Waals surface area contributed by atoms with Crippen LogP contribution in [0.4, 0.5) is 0 Å². The lowest BCUT2D eigenvalue weighted by atomic mass is 9.93. The smallest absolute Gasteiger partial charge is 0.0933 e. The van der Waals surface area contributed by atoms with Gasteiger partial charge in [0, 0.05) is 18.2 Å². The number of hydrogen-bond donors (Lipinski definition) is 1. The van der Waals surface area contributed by atoms with Crippen LogP contribution in [0.25, 0.3) is 0 Å². The molecule has 0 aliphatic carbocycles. The number of thiazole rings is 1. The summed E-state index contributed by atoms with van der Waals surface area (Å²) in [6.45, 7) is 6.65. The number of aliphatic hydroxyl groups excluding tert-OH is 1. The van der Waals surface area contributed by atoms with Gasteiger partial charge in [0.05, 0.1) is 16.8 Å². The number of aromatic nitrogens is 1. The summed E-state index contributed by atoms with van der Waals surface area (Å²) in [5, 5.41) is 13.4. The van der Waals surface area contributed by atoms with Crippen LogP contribution in [0.2, 0.25) is 0 Å². The topological polar surface area (TPSA) is 33.1 Å². The number of benzene rings is 1. The Morgan fingerprint density at radius 1 is 1.21 bits per heavy atom. The van der Waals surface area contributed by atoms with E-state index >= 15 is 0 Å². The van der Waals surface area contributed by atoms with Gasteiger partial charge in [-0.25, -0.2) is 4.98 Å². The lowest BCUT2D eigenvalue weighted by Gasteiger charge is -2.15. The highest BCUT2D eigenvalue weighted by Gasteiger charge is 2.15. The molecule has 0 aliphatic rings. The largest absolute Gasteiger partial charge is 0.388 e. The summed E-state index contributed by atoms with van der Waals surface area (Å²) in [4.78, 5) is 4.62. The van der Waals surface area contributed by atoms with E-state index in [-0.39, 0.29) is 5.41 Å². The highest BCUT2D eigenvalue weighted by Crippen LogP contribution is 2.25. The van der Waals surface area contributed by atoms with Crippen molar-refractivity contribution in [2.75, 3.05) is 0 Å². The summed E-state index contributed by atoms with van der Waals surface area (Å²) in [6, 6.07) is 9.76. The number of rotatable bonds is 4. The van der Waals surface area contributed by atoms with Crippen molar-refractivity contribution in [1.29, 1.82) is 0 Å². The normalized spacial score (nSPS) is 13.5. The first-order valence-electron chi connectivity index (χ1n) is 6.60. The third kappa shape index (κ3) is 4.44. The van der Waals surface area contributed by atoms with E-state index in [1.165, 1.54) is 0 Å². The maximum atomic E-state index is 10.2. The van der Waals surface area contributed by atoms with Gasteiger partial charge in [-0.05, 0) is 11.0 Å². The van der Waals surface area contributed by atoms with Gasteiger partial charge in [-0.3, -0.25) is 0 Å². The lowest BCUT2D eigenvalue weighted by Crippen LogP contribution is -2.09. The fraction of sp³-hybridized carbons (Fsp3) is 0.438. The zero-order valence-electron chi connectivity index (χ0n) is 11.8. The van der Waals surface area contributed by atoms with Gasteiger partial charge < -0.3 is 5.11 Å². The van der Waals surface area contributed by atoms with E-state index in [0.29, 0.717) is 6.42 Å². The Morgan fingerprint density at radius 2 is 1.89 bits per heavy atom. The van der Waals surface area contributed by atoms with Crippen molar-refractivity contribution in [1.82, 2.24) is 4.98 Å². The first kappa shape index (κ1) is 14.2. The van der Waals surface area contributed by atoms with E-state index < -0.39 is 6.10 Å². The second kappa shape index (κ2) is 5.85. The zero-order valence-corrected chi connectivity index (χ0v) is 12.6. The fourth-order valence-electron chi connectivity index (χ4n) is 1.97. The van der Waals surface area contributed by atoms with Crippen LogP contribution in [0.1, 0.15) is 43.1 Å². The van der Waals surface area contributed by atoms with Crippen LogP contribution in [-0.2, 0) is 12.8 Å². The fourth-order valence-corrected chi connectivity index (χ4v) is 3.08. The van der Waals surface area contributed by atoms with Crippen LogP contribution in [-0.4, -0.2) is 10.1 Å². The first-order valence-corrected chi connectivity index (χ1v) is 7.48. The maximum Gasteiger partial charge on any atom is 0.0933 e. The molecule has 1 aromatic heterocycles. The Labute approximate surface area is 119 Å². The van der Waals surface area contributed by atoms with E-state index in [2.05, 4.69) is 31.1 Å². The molecule has 19 heavy (non-hydrogen) atoms. The number of hydrogen-bond acceptors (Lipinski definition) is 3. The average Bonchev–Trinajstić information content (AvgIpc) is 2.75. The first-order chi connectivity index (χ1) is 8.94. The van der Waals surface area contributed by atoms with Crippen LogP contribution < -0.4 is 0 Å². The van der Waals surface area contributed by atoms with Gasteiger partial charge in [-0.2, -0.15) is 0 Å². The Kier molecular flexibility index (Phi) is 4.38. The van der Waals surface area contributed by atoms with Gasteiger partial charge >= 0.3 is 0 Å². The molecule has 1 unspecified atom stereocenters. The van der Waals surface area contributed by atoms with Crippen molar-refractivity contribution < 1.29 is 5.11 Å². The molecule has 0 saturated heterocycles. The summed E-state index contributed by atoms with van der Waals surface area (Å²) in [6.07, 6.45) is 1.11. The summed E-state index contributed by atoms with van der Waals surface area (Å²) < 4.78 is 0. The molecule has 0 fully saturated rings. The highest BCUT2D eigenvalue weighted by molar-refractivity contribution is 7.09. The summed E-state index contributed by atoms with van der Waals surface area (Å²) in [5.74, 6) is 0. The maximum absolute atomic E-state index is 10.2. The second-order valence-electron chi connectivity index (χ2n) is 6.10. The number of aliphatic hydroxyl groups is 1. The second-order valence-corrected chi connectivity index (χ2v) is 7.04. The van der Waals surface area contributed by atoms with Crippen LogP contribution in [0.3, 0.4) is 0 Å². The predicted molar refractivity (Wildman–Crippen MR) is 80.4 cm³/mol. The SMILES string of the molecule is CC(C)(C)Cc1nc(CC(O)c2ccccc2)cs1. The van der Waals surface area contributed by atoms with E-state index in [1.54, 1.807) is 11.3 Å². The monoisotopic (exact) mass is 275 g/mol. The van der Waals surface area contributed by atoms with E-state index in [0.717, 1.165) is 22.7 Å². The molecular weight excluding hydrogens is 254 g/mol. The van der Waals surface area contributed by atoms with Gasteiger partial charge in [-0.15, -0.1) is 11.3 Å². The number of nitrogens with zero attached hydrogens (tertiary/aromatic N) is 1. The lowest BCUT2D eigenvalue weighted by molar-refractivity contribution is 0.177. The molecule has 0 spiro atoms. The third-order valence-electron chi connectivity index (χ3n) is 2.87. The summed E-state index contributed by atoms with van der Waals surface area (Å²) in [7, 11) is 0. The summed E-state index contributed by atoms with van der Waals surface area (Å²) in [5.41, 5.74) is 2.20. The minimum absolute atomic E-state index is 0.257. The van der Waals surface area contributed by atoms with E-state index in [4.69, 9.17) is 0 Å². The molecule has 2 rings (SSSR count). The minimum atomic E-state index is -0.467. The Morgan fingerprint density at radius 3 is 2.53 bits per heavy atom. The van der Waals surface area contributed by atoms with Crippen LogP contribution in [0, 0.1) is 5.41 Å².